The van der Waals surface area contributed by atoms with E-state index in [0.29, 0.717) is 23.7 Å². The molecule has 3 aromatic rings. The van der Waals surface area contributed by atoms with Crippen LogP contribution < -0.4 is 15.4 Å². The van der Waals surface area contributed by atoms with Gasteiger partial charge in [0.25, 0.3) is 0 Å². The highest BCUT2D eigenvalue weighted by Gasteiger charge is 2.08. The van der Waals surface area contributed by atoms with Crippen LogP contribution in [0.1, 0.15) is 12.5 Å². The number of amides is 2. The van der Waals surface area contributed by atoms with Crippen molar-refractivity contribution < 1.29 is 14.3 Å². The number of rotatable bonds is 9. The first-order valence-corrected chi connectivity index (χ1v) is 10.9. The Morgan fingerprint density at radius 1 is 0.935 bits per heavy atom. The van der Waals surface area contributed by atoms with Crippen molar-refractivity contribution in [2.75, 3.05) is 23.0 Å². The summed E-state index contributed by atoms with van der Waals surface area (Å²) >= 11 is 1.40. The van der Waals surface area contributed by atoms with E-state index >= 15 is 0 Å². The first kappa shape index (κ1) is 22.2. The van der Waals surface area contributed by atoms with E-state index in [9.17, 15) is 9.59 Å². The van der Waals surface area contributed by atoms with E-state index in [-0.39, 0.29) is 17.6 Å². The van der Waals surface area contributed by atoms with E-state index in [4.69, 9.17) is 4.74 Å². The van der Waals surface area contributed by atoms with Gasteiger partial charge in [-0.2, -0.15) is 0 Å². The van der Waals surface area contributed by atoms with Crippen LogP contribution in [0.5, 0.6) is 5.75 Å². The maximum Gasteiger partial charge on any atom is 0.248 e. The molecule has 6 heteroatoms. The molecule has 158 valence electrons. The number of nitrogens with one attached hydrogen (secondary N) is 2. The minimum absolute atomic E-state index is 0.127. The summed E-state index contributed by atoms with van der Waals surface area (Å²) in [6, 6.07) is 24.4. The predicted octanol–water partition coefficient (Wildman–Crippen LogP) is 5.47. The normalized spacial score (nSPS) is 10.6. The lowest BCUT2D eigenvalue weighted by Gasteiger charge is -2.11. The van der Waals surface area contributed by atoms with Crippen LogP contribution in [0.3, 0.4) is 0 Å². The highest BCUT2D eigenvalue weighted by Crippen LogP contribution is 2.25. The Hall–Kier alpha value is -3.51. The Morgan fingerprint density at radius 2 is 1.71 bits per heavy atom. The molecule has 0 aliphatic rings. The van der Waals surface area contributed by atoms with Crippen LogP contribution in [0.4, 0.5) is 11.4 Å². The van der Waals surface area contributed by atoms with E-state index in [0.717, 1.165) is 10.5 Å². The summed E-state index contributed by atoms with van der Waals surface area (Å²) in [5.74, 6) is 0.552. The first-order chi connectivity index (χ1) is 15.1. The minimum Gasteiger partial charge on any atom is -0.492 e. The number of ether oxygens (including phenoxy) is 1. The maximum atomic E-state index is 12.4. The van der Waals surface area contributed by atoms with Crippen molar-refractivity contribution >= 4 is 41.0 Å². The average Bonchev–Trinajstić information content (AvgIpc) is 2.79. The number of para-hydroxylation sites is 2. The van der Waals surface area contributed by atoms with Gasteiger partial charge in [0.2, 0.25) is 11.8 Å². The first-order valence-electron chi connectivity index (χ1n) is 9.92. The molecule has 0 radical (unpaired) electrons. The van der Waals surface area contributed by atoms with Crippen LogP contribution in [0.15, 0.2) is 89.8 Å². The highest BCUT2D eigenvalue weighted by molar-refractivity contribution is 8.00. The zero-order valence-corrected chi connectivity index (χ0v) is 18.0. The predicted molar refractivity (Wildman–Crippen MR) is 128 cm³/mol. The molecule has 0 atom stereocenters. The van der Waals surface area contributed by atoms with E-state index < -0.39 is 0 Å². The lowest BCUT2D eigenvalue weighted by atomic mass is 10.2. The van der Waals surface area contributed by atoms with Crippen LogP contribution in [-0.2, 0) is 9.59 Å². The molecule has 5 nitrogen and oxygen atoms in total. The Balaban J connectivity index is 1.53. The molecule has 0 saturated carbocycles. The summed E-state index contributed by atoms with van der Waals surface area (Å²) in [6.45, 7) is 2.43. The van der Waals surface area contributed by atoms with Crippen molar-refractivity contribution in [2.45, 2.75) is 11.8 Å². The molecule has 0 spiro atoms. The Morgan fingerprint density at radius 3 is 2.52 bits per heavy atom. The van der Waals surface area contributed by atoms with E-state index in [1.165, 1.54) is 17.8 Å². The Labute approximate surface area is 186 Å². The molecule has 3 rings (SSSR count). The molecular weight excluding hydrogens is 408 g/mol. The molecule has 0 aromatic heterocycles. The van der Waals surface area contributed by atoms with Crippen LogP contribution in [0.25, 0.3) is 6.08 Å². The SMILES string of the molecule is CCOc1ccccc1NC(=O)CSc1cccc(NC(=O)/C=C/c2ccccc2)c1. The summed E-state index contributed by atoms with van der Waals surface area (Å²) in [6.07, 6.45) is 3.26. The second-order valence-electron chi connectivity index (χ2n) is 6.53. The Bertz CT molecular complexity index is 1050. The molecule has 0 aliphatic carbocycles. The van der Waals surface area contributed by atoms with Crippen LogP contribution >= 0.6 is 11.8 Å². The molecule has 0 heterocycles. The fourth-order valence-electron chi connectivity index (χ4n) is 2.77. The second kappa shape index (κ2) is 11.6. The summed E-state index contributed by atoms with van der Waals surface area (Å²) in [7, 11) is 0. The zero-order valence-electron chi connectivity index (χ0n) is 17.2. The lowest BCUT2D eigenvalue weighted by molar-refractivity contribution is -0.114. The Kier molecular flexibility index (Phi) is 8.31. The van der Waals surface area contributed by atoms with Crippen molar-refractivity contribution in [1.29, 1.82) is 0 Å². The number of thioether (sulfide) groups is 1. The maximum absolute atomic E-state index is 12.4. The van der Waals surface area contributed by atoms with Gasteiger partial charge >= 0.3 is 0 Å². The van der Waals surface area contributed by atoms with E-state index in [2.05, 4.69) is 10.6 Å². The van der Waals surface area contributed by atoms with Gasteiger partial charge in [-0.3, -0.25) is 9.59 Å². The number of hydrogen-bond donors (Lipinski definition) is 2. The number of anilines is 2. The van der Waals surface area contributed by atoms with Gasteiger partial charge < -0.3 is 15.4 Å². The third-order valence-electron chi connectivity index (χ3n) is 4.16. The van der Waals surface area contributed by atoms with Crippen molar-refractivity contribution in [1.82, 2.24) is 0 Å². The van der Waals surface area contributed by atoms with Crippen LogP contribution in [0.2, 0.25) is 0 Å². The molecule has 2 N–H and O–H groups in total. The van der Waals surface area contributed by atoms with Gasteiger partial charge in [0.15, 0.2) is 0 Å². The second-order valence-corrected chi connectivity index (χ2v) is 7.58. The molecule has 0 fully saturated rings. The van der Waals surface area contributed by atoms with Gasteiger partial charge in [-0.05, 0) is 48.9 Å². The van der Waals surface area contributed by atoms with Crippen molar-refractivity contribution in [3.05, 3.63) is 90.5 Å². The van der Waals surface area contributed by atoms with Gasteiger partial charge in [-0.15, -0.1) is 11.8 Å². The number of benzene rings is 3. The van der Waals surface area contributed by atoms with Gasteiger partial charge in [-0.1, -0.05) is 48.5 Å². The monoisotopic (exact) mass is 432 g/mol. The smallest absolute Gasteiger partial charge is 0.248 e. The fraction of sp³-hybridized carbons (Fsp3) is 0.120. The highest BCUT2D eigenvalue weighted by atomic mass is 32.2. The van der Waals surface area contributed by atoms with Gasteiger partial charge in [0.1, 0.15) is 5.75 Å². The summed E-state index contributed by atoms with van der Waals surface area (Å²) in [4.78, 5) is 25.4. The standard InChI is InChI=1S/C25H24N2O3S/c1-2-30-23-14-7-6-13-22(23)27-25(29)18-31-21-12-8-11-20(17-21)26-24(28)16-15-19-9-4-3-5-10-19/h3-17H,2,18H2,1H3,(H,26,28)(H,27,29)/b16-15+. The summed E-state index contributed by atoms with van der Waals surface area (Å²) < 4.78 is 5.53. The largest absolute Gasteiger partial charge is 0.492 e. The summed E-state index contributed by atoms with van der Waals surface area (Å²) in [5.41, 5.74) is 2.29. The fourth-order valence-corrected chi connectivity index (χ4v) is 3.53. The van der Waals surface area contributed by atoms with E-state index in [1.807, 2.05) is 85.8 Å². The molecule has 2 amide bonds. The number of carbonyl (C=O) groups is 2. The molecule has 0 aliphatic heterocycles. The van der Waals surface area contributed by atoms with Crippen molar-refractivity contribution in [2.24, 2.45) is 0 Å². The molecular formula is C25H24N2O3S. The van der Waals surface area contributed by atoms with E-state index in [1.54, 1.807) is 6.08 Å². The molecule has 31 heavy (non-hydrogen) atoms. The topological polar surface area (TPSA) is 67.4 Å². The van der Waals surface area contributed by atoms with Gasteiger partial charge in [0.05, 0.1) is 18.0 Å². The molecule has 0 unspecified atom stereocenters. The lowest BCUT2D eigenvalue weighted by Crippen LogP contribution is -2.15. The van der Waals surface area contributed by atoms with Gasteiger partial charge in [-0.25, -0.2) is 0 Å². The molecule has 0 bridgehead atoms. The number of hydrogen-bond acceptors (Lipinski definition) is 4. The quantitative estimate of drug-likeness (QED) is 0.348. The summed E-state index contributed by atoms with van der Waals surface area (Å²) in [5, 5.41) is 5.73. The molecule has 0 saturated heterocycles. The number of carbonyl (C=O) groups excluding carboxylic acids is 2. The van der Waals surface area contributed by atoms with Crippen LogP contribution in [-0.4, -0.2) is 24.2 Å². The third kappa shape index (κ3) is 7.35. The van der Waals surface area contributed by atoms with Crippen molar-refractivity contribution in [3.63, 3.8) is 0 Å². The van der Waals surface area contributed by atoms with Crippen molar-refractivity contribution in [3.8, 4) is 5.75 Å². The minimum atomic E-state index is -0.212. The zero-order chi connectivity index (χ0) is 21.9. The van der Waals surface area contributed by atoms with Gasteiger partial charge in [0, 0.05) is 16.7 Å². The third-order valence-corrected chi connectivity index (χ3v) is 5.15. The molecule has 3 aromatic carbocycles. The van der Waals surface area contributed by atoms with Crippen LogP contribution in [0, 0.1) is 0 Å². The average molecular weight is 433 g/mol.